The van der Waals surface area contributed by atoms with Crippen molar-refractivity contribution in [3.63, 3.8) is 0 Å². The number of anilines is 1. The number of nitrogens with zero attached hydrogens (tertiary/aromatic N) is 1. The minimum absolute atomic E-state index is 0.0625. The number of ether oxygens (including phenoxy) is 1. The van der Waals surface area contributed by atoms with Gasteiger partial charge in [0.15, 0.2) is 0 Å². The molecule has 0 spiro atoms. The van der Waals surface area contributed by atoms with E-state index in [9.17, 15) is 4.39 Å². The predicted molar refractivity (Wildman–Crippen MR) is 68.7 cm³/mol. The van der Waals surface area contributed by atoms with Gasteiger partial charge < -0.3 is 15.4 Å². The zero-order valence-electron chi connectivity index (χ0n) is 10.9. The molecule has 2 N–H and O–H groups in total. The molecule has 0 aliphatic rings. The molecule has 2 atom stereocenters. The van der Waals surface area contributed by atoms with Crippen LogP contribution in [0.2, 0.25) is 0 Å². The van der Waals surface area contributed by atoms with Gasteiger partial charge in [0.25, 0.3) is 0 Å². The molecule has 3 nitrogen and oxygen atoms in total. The number of hydrogen-bond acceptors (Lipinski definition) is 3. The minimum atomic E-state index is -0.245. The summed E-state index contributed by atoms with van der Waals surface area (Å²) < 4.78 is 19.0. The molecule has 4 heteroatoms. The van der Waals surface area contributed by atoms with Gasteiger partial charge in [-0.1, -0.05) is 6.07 Å². The lowest BCUT2D eigenvalue weighted by atomic mass is 10.1. The van der Waals surface area contributed by atoms with Crippen molar-refractivity contribution in [2.75, 3.05) is 25.6 Å². The van der Waals surface area contributed by atoms with Gasteiger partial charge in [-0.25, -0.2) is 4.39 Å². The Morgan fingerprint density at radius 1 is 1.41 bits per heavy atom. The summed E-state index contributed by atoms with van der Waals surface area (Å²) >= 11 is 0. The maximum Gasteiger partial charge on any atom is 0.146 e. The Balaban J connectivity index is 2.84. The summed E-state index contributed by atoms with van der Waals surface area (Å²) in [6, 6.07) is 4.96. The lowest BCUT2D eigenvalue weighted by Gasteiger charge is -2.23. The zero-order valence-corrected chi connectivity index (χ0v) is 10.9. The highest BCUT2D eigenvalue weighted by atomic mass is 19.1. The topological polar surface area (TPSA) is 38.5 Å². The van der Waals surface area contributed by atoms with E-state index in [4.69, 9.17) is 10.5 Å². The van der Waals surface area contributed by atoms with E-state index >= 15 is 0 Å². The number of nitrogens with two attached hydrogens (primary N) is 1. The highest BCUT2D eigenvalue weighted by Crippen LogP contribution is 2.22. The molecule has 1 unspecified atom stereocenters. The number of hydrogen-bond donors (Lipinski definition) is 1. The molecule has 0 fully saturated rings. The normalized spacial score (nSPS) is 14.5. The summed E-state index contributed by atoms with van der Waals surface area (Å²) in [5.41, 5.74) is 7.08. The molecule has 1 aromatic rings. The number of rotatable bonds is 5. The Bertz CT molecular complexity index is 368. The molecule has 0 aliphatic heterocycles. The molecule has 0 aliphatic carbocycles. The van der Waals surface area contributed by atoms with Gasteiger partial charge in [-0.15, -0.1) is 0 Å². The van der Waals surface area contributed by atoms with Crippen molar-refractivity contribution in [2.24, 2.45) is 5.73 Å². The molecule has 0 saturated heterocycles. The molecule has 0 saturated carbocycles. The van der Waals surface area contributed by atoms with Crippen LogP contribution in [0.3, 0.4) is 0 Å². The Kier molecular flexibility index (Phi) is 4.90. The Hall–Kier alpha value is -1.13. The molecule has 96 valence electrons. The molecule has 1 aromatic carbocycles. The first-order valence-corrected chi connectivity index (χ1v) is 5.74. The van der Waals surface area contributed by atoms with Crippen LogP contribution in [-0.4, -0.2) is 26.8 Å². The summed E-state index contributed by atoms with van der Waals surface area (Å²) in [6.07, 6.45) is 0.0625. The van der Waals surface area contributed by atoms with Crippen molar-refractivity contribution in [2.45, 2.75) is 26.0 Å². The van der Waals surface area contributed by atoms with Crippen LogP contribution in [0.1, 0.15) is 25.5 Å². The number of likely N-dealkylation sites (N-methyl/N-ethyl adjacent to an activating group) is 1. The van der Waals surface area contributed by atoms with Crippen LogP contribution in [0.5, 0.6) is 0 Å². The van der Waals surface area contributed by atoms with Crippen LogP contribution >= 0.6 is 0 Å². The van der Waals surface area contributed by atoms with Gasteiger partial charge in [0.05, 0.1) is 11.8 Å². The average molecular weight is 240 g/mol. The fourth-order valence-corrected chi connectivity index (χ4v) is 1.67. The van der Waals surface area contributed by atoms with Crippen LogP contribution in [0.15, 0.2) is 18.2 Å². The van der Waals surface area contributed by atoms with Crippen molar-refractivity contribution in [3.8, 4) is 0 Å². The summed E-state index contributed by atoms with van der Waals surface area (Å²) in [7, 11) is 3.49. The molecule has 1 rings (SSSR count). The Morgan fingerprint density at radius 2 is 2.06 bits per heavy atom. The molecule has 0 aromatic heterocycles. The van der Waals surface area contributed by atoms with E-state index < -0.39 is 0 Å². The predicted octanol–water partition coefficient (Wildman–Crippen LogP) is 2.32. The SMILES string of the molecule is COC(C)CN(C)c1ccc([C@H](C)N)cc1F. The van der Waals surface area contributed by atoms with E-state index in [1.807, 2.05) is 31.9 Å². The van der Waals surface area contributed by atoms with E-state index in [2.05, 4.69) is 0 Å². The molecule has 0 amide bonds. The van der Waals surface area contributed by atoms with Gasteiger partial charge in [-0.3, -0.25) is 0 Å². The first kappa shape index (κ1) is 13.9. The van der Waals surface area contributed by atoms with Gasteiger partial charge >= 0.3 is 0 Å². The largest absolute Gasteiger partial charge is 0.380 e. The first-order chi connectivity index (χ1) is 7.95. The lowest BCUT2D eigenvalue weighted by molar-refractivity contribution is 0.124. The number of benzene rings is 1. The highest BCUT2D eigenvalue weighted by molar-refractivity contribution is 5.49. The van der Waals surface area contributed by atoms with Crippen LogP contribution in [0.4, 0.5) is 10.1 Å². The molecule has 0 radical (unpaired) electrons. The van der Waals surface area contributed by atoms with Gasteiger partial charge in [-0.2, -0.15) is 0 Å². The van der Waals surface area contributed by atoms with Crippen molar-refractivity contribution < 1.29 is 9.13 Å². The summed E-state index contributed by atoms with van der Waals surface area (Å²) in [6.45, 7) is 4.43. The second kappa shape index (κ2) is 5.98. The molecule has 0 bridgehead atoms. The second-order valence-electron chi connectivity index (χ2n) is 4.43. The third-order valence-corrected chi connectivity index (χ3v) is 2.84. The number of halogens is 1. The fourth-order valence-electron chi connectivity index (χ4n) is 1.67. The highest BCUT2D eigenvalue weighted by Gasteiger charge is 2.12. The van der Waals surface area contributed by atoms with E-state index in [-0.39, 0.29) is 18.0 Å². The average Bonchev–Trinajstić information content (AvgIpc) is 2.28. The van der Waals surface area contributed by atoms with Gasteiger partial charge in [0, 0.05) is 26.7 Å². The minimum Gasteiger partial charge on any atom is -0.380 e. The smallest absolute Gasteiger partial charge is 0.146 e. The Labute approximate surface area is 102 Å². The standard InChI is InChI=1S/C13H21FN2O/c1-9(17-4)8-16(3)13-6-5-11(10(2)15)7-12(13)14/h5-7,9-10H,8,15H2,1-4H3/t9?,10-/m0/s1. The second-order valence-corrected chi connectivity index (χ2v) is 4.43. The van der Waals surface area contributed by atoms with Crippen LogP contribution in [0.25, 0.3) is 0 Å². The van der Waals surface area contributed by atoms with Crippen LogP contribution < -0.4 is 10.6 Å². The fraction of sp³-hybridized carbons (Fsp3) is 0.538. The van der Waals surface area contributed by atoms with Crippen LogP contribution in [-0.2, 0) is 4.74 Å². The first-order valence-electron chi connectivity index (χ1n) is 5.74. The summed E-state index contributed by atoms with van der Waals surface area (Å²) in [4.78, 5) is 1.84. The van der Waals surface area contributed by atoms with Gasteiger partial charge in [-0.05, 0) is 31.5 Å². The maximum absolute atomic E-state index is 13.9. The molecular formula is C13H21FN2O. The van der Waals surface area contributed by atoms with Gasteiger partial charge in [0.1, 0.15) is 5.82 Å². The molecule has 17 heavy (non-hydrogen) atoms. The third kappa shape index (κ3) is 3.68. The van der Waals surface area contributed by atoms with Gasteiger partial charge in [0.2, 0.25) is 0 Å². The quantitative estimate of drug-likeness (QED) is 0.858. The van der Waals surface area contributed by atoms with E-state index in [1.54, 1.807) is 13.2 Å². The van der Waals surface area contributed by atoms with Crippen molar-refractivity contribution in [1.82, 2.24) is 0 Å². The molecule has 0 heterocycles. The summed E-state index contributed by atoms with van der Waals surface area (Å²) in [5, 5.41) is 0. The maximum atomic E-state index is 13.9. The van der Waals surface area contributed by atoms with E-state index in [0.29, 0.717) is 12.2 Å². The van der Waals surface area contributed by atoms with Crippen molar-refractivity contribution >= 4 is 5.69 Å². The summed E-state index contributed by atoms with van der Waals surface area (Å²) in [5.74, 6) is -0.245. The third-order valence-electron chi connectivity index (χ3n) is 2.84. The Morgan fingerprint density at radius 3 is 2.53 bits per heavy atom. The van der Waals surface area contributed by atoms with Crippen molar-refractivity contribution in [3.05, 3.63) is 29.6 Å². The molecular weight excluding hydrogens is 219 g/mol. The van der Waals surface area contributed by atoms with E-state index in [0.717, 1.165) is 5.56 Å². The van der Waals surface area contributed by atoms with E-state index in [1.165, 1.54) is 6.07 Å². The van der Waals surface area contributed by atoms with Crippen molar-refractivity contribution in [1.29, 1.82) is 0 Å². The monoisotopic (exact) mass is 240 g/mol. The van der Waals surface area contributed by atoms with Crippen LogP contribution in [0, 0.1) is 5.82 Å². The number of methoxy groups -OCH3 is 1. The zero-order chi connectivity index (χ0) is 13.0. The lowest BCUT2D eigenvalue weighted by Crippen LogP contribution is -2.29.